The lowest BCUT2D eigenvalue weighted by Gasteiger charge is -2.15. The second kappa shape index (κ2) is 5.41. The lowest BCUT2D eigenvalue weighted by Crippen LogP contribution is -2.20. The molecule has 1 saturated heterocycles. The minimum atomic E-state index is 0.235. The van der Waals surface area contributed by atoms with Crippen LogP contribution in [0.4, 0.5) is 0 Å². The van der Waals surface area contributed by atoms with E-state index >= 15 is 0 Å². The first kappa shape index (κ1) is 12.2. The second-order valence-electron chi connectivity index (χ2n) is 4.96. The molecule has 3 nitrogen and oxygen atoms in total. The summed E-state index contributed by atoms with van der Waals surface area (Å²) in [4.78, 5) is 4.40. The fourth-order valence-electron chi connectivity index (χ4n) is 2.40. The van der Waals surface area contributed by atoms with Gasteiger partial charge in [0.15, 0.2) is 0 Å². The van der Waals surface area contributed by atoms with Gasteiger partial charge in [0.25, 0.3) is 0 Å². The van der Waals surface area contributed by atoms with Crippen LogP contribution in [-0.4, -0.2) is 24.2 Å². The second-order valence-corrected chi connectivity index (χ2v) is 4.96. The smallest absolute Gasteiger partial charge is 0.221 e. The van der Waals surface area contributed by atoms with Crippen molar-refractivity contribution in [3.8, 4) is 17.0 Å². The molecule has 0 saturated carbocycles. The number of ether oxygens (including phenoxy) is 1. The molecule has 1 aromatic carbocycles. The van der Waals surface area contributed by atoms with Gasteiger partial charge >= 0.3 is 0 Å². The summed E-state index contributed by atoms with van der Waals surface area (Å²) in [5.74, 6) is 0.738. The Bertz CT molecular complexity index is 562. The van der Waals surface area contributed by atoms with Crippen LogP contribution in [0, 0.1) is 6.92 Å². The van der Waals surface area contributed by atoms with E-state index in [2.05, 4.69) is 47.6 Å². The summed E-state index contributed by atoms with van der Waals surface area (Å²) in [6, 6.07) is 12.5. The molecule has 1 unspecified atom stereocenters. The molecule has 3 heteroatoms. The molecule has 1 N–H and O–H groups in total. The monoisotopic (exact) mass is 254 g/mol. The van der Waals surface area contributed by atoms with Gasteiger partial charge in [0.2, 0.25) is 5.88 Å². The summed E-state index contributed by atoms with van der Waals surface area (Å²) in [6.07, 6.45) is 3.07. The maximum Gasteiger partial charge on any atom is 0.221 e. The molecule has 1 aromatic heterocycles. The third kappa shape index (κ3) is 2.76. The van der Waals surface area contributed by atoms with Crippen molar-refractivity contribution in [3.05, 3.63) is 48.2 Å². The predicted octanol–water partition coefficient (Wildman–Crippen LogP) is 2.80. The van der Waals surface area contributed by atoms with Crippen LogP contribution < -0.4 is 10.1 Å². The molecule has 1 aliphatic rings. The Morgan fingerprint density at radius 3 is 3.00 bits per heavy atom. The van der Waals surface area contributed by atoms with E-state index in [-0.39, 0.29) is 6.10 Å². The van der Waals surface area contributed by atoms with E-state index in [4.69, 9.17) is 4.74 Å². The number of pyridine rings is 1. The summed E-state index contributed by atoms with van der Waals surface area (Å²) >= 11 is 0. The summed E-state index contributed by atoms with van der Waals surface area (Å²) in [6.45, 7) is 4.03. The number of benzene rings is 1. The van der Waals surface area contributed by atoms with Crippen LogP contribution in [0.25, 0.3) is 11.1 Å². The van der Waals surface area contributed by atoms with Gasteiger partial charge in [-0.25, -0.2) is 4.98 Å². The molecule has 3 rings (SSSR count). The van der Waals surface area contributed by atoms with E-state index in [1.807, 2.05) is 6.07 Å². The number of aryl methyl sites for hydroxylation is 1. The van der Waals surface area contributed by atoms with Gasteiger partial charge < -0.3 is 10.1 Å². The topological polar surface area (TPSA) is 34.1 Å². The van der Waals surface area contributed by atoms with Crippen molar-refractivity contribution in [2.45, 2.75) is 19.4 Å². The van der Waals surface area contributed by atoms with Gasteiger partial charge in [0, 0.05) is 18.3 Å². The number of nitrogens with zero attached hydrogens (tertiary/aromatic N) is 1. The van der Waals surface area contributed by atoms with Gasteiger partial charge in [-0.3, -0.25) is 0 Å². The number of hydrogen-bond donors (Lipinski definition) is 1. The highest BCUT2D eigenvalue weighted by molar-refractivity contribution is 5.68. The Morgan fingerprint density at radius 1 is 1.26 bits per heavy atom. The zero-order chi connectivity index (χ0) is 13.1. The predicted molar refractivity (Wildman–Crippen MR) is 76.3 cm³/mol. The molecule has 2 aromatic rings. The summed E-state index contributed by atoms with van der Waals surface area (Å²) in [5, 5.41) is 3.31. The minimum Gasteiger partial charge on any atom is -0.473 e. The quantitative estimate of drug-likeness (QED) is 0.914. The Balaban J connectivity index is 1.92. The van der Waals surface area contributed by atoms with Gasteiger partial charge in [-0.2, -0.15) is 0 Å². The maximum atomic E-state index is 6.03. The molecule has 2 heterocycles. The molecular weight excluding hydrogens is 236 g/mol. The van der Waals surface area contributed by atoms with E-state index in [1.165, 1.54) is 5.56 Å². The fraction of sp³-hybridized carbons (Fsp3) is 0.312. The van der Waals surface area contributed by atoms with Crippen LogP contribution in [0.3, 0.4) is 0 Å². The van der Waals surface area contributed by atoms with E-state index in [0.29, 0.717) is 0 Å². The Labute approximate surface area is 113 Å². The van der Waals surface area contributed by atoms with Crippen LogP contribution in [0.5, 0.6) is 5.88 Å². The van der Waals surface area contributed by atoms with Crippen molar-refractivity contribution >= 4 is 0 Å². The van der Waals surface area contributed by atoms with Gasteiger partial charge in [0.1, 0.15) is 6.10 Å². The molecule has 0 bridgehead atoms. The van der Waals surface area contributed by atoms with Crippen LogP contribution in [0.1, 0.15) is 12.0 Å². The first-order chi connectivity index (χ1) is 9.33. The van der Waals surface area contributed by atoms with E-state index in [1.54, 1.807) is 6.20 Å². The standard InChI is InChI=1S/C16H18N2O/c1-12-4-2-5-13(10-12)15-6-3-8-18-16(15)19-14-7-9-17-11-14/h2-6,8,10,14,17H,7,9,11H2,1H3. The summed E-state index contributed by atoms with van der Waals surface area (Å²) in [5.41, 5.74) is 3.47. The van der Waals surface area contributed by atoms with E-state index in [9.17, 15) is 0 Å². The highest BCUT2D eigenvalue weighted by atomic mass is 16.5. The zero-order valence-corrected chi connectivity index (χ0v) is 11.1. The Hall–Kier alpha value is -1.87. The lowest BCUT2D eigenvalue weighted by molar-refractivity contribution is 0.215. The highest BCUT2D eigenvalue weighted by Crippen LogP contribution is 2.29. The van der Waals surface area contributed by atoms with Gasteiger partial charge in [-0.15, -0.1) is 0 Å². The van der Waals surface area contributed by atoms with E-state index in [0.717, 1.165) is 36.5 Å². The molecule has 1 aliphatic heterocycles. The largest absolute Gasteiger partial charge is 0.473 e. The number of rotatable bonds is 3. The number of aromatic nitrogens is 1. The normalized spacial score (nSPS) is 18.5. The first-order valence-electron chi connectivity index (χ1n) is 6.72. The maximum absolute atomic E-state index is 6.03. The number of hydrogen-bond acceptors (Lipinski definition) is 3. The molecular formula is C16H18N2O. The van der Waals surface area contributed by atoms with Crippen LogP contribution in [0.15, 0.2) is 42.6 Å². The molecule has 1 atom stereocenters. The minimum absolute atomic E-state index is 0.235. The molecule has 98 valence electrons. The van der Waals surface area contributed by atoms with Crippen LogP contribution in [-0.2, 0) is 0 Å². The number of nitrogens with one attached hydrogen (secondary N) is 1. The van der Waals surface area contributed by atoms with Crippen molar-refractivity contribution < 1.29 is 4.74 Å². The van der Waals surface area contributed by atoms with Crippen molar-refractivity contribution in [1.29, 1.82) is 0 Å². The lowest BCUT2D eigenvalue weighted by atomic mass is 10.0. The van der Waals surface area contributed by atoms with Gasteiger partial charge in [-0.1, -0.05) is 29.8 Å². The first-order valence-corrected chi connectivity index (χ1v) is 6.72. The summed E-state index contributed by atoms with van der Waals surface area (Å²) < 4.78 is 6.03. The average Bonchev–Trinajstić information content (AvgIpc) is 2.92. The fourth-order valence-corrected chi connectivity index (χ4v) is 2.40. The Kier molecular flexibility index (Phi) is 3.47. The zero-order valence-electron chi connectivity index (χ0n) is 11.1. The van der Waals surface area contributed by atoms with Crippen LogP contribution >= 0.6 is 0 Å². The summed E-state index contributed by atoms with van der Waals surface area (Å²) in [7, 11) is 0. The Morgan fingerprint density at radius 2 is 2.21 bits per heavy atom. The average molecular weight is 254 g/mol. The molecule has 0 radical (unpaired) electrons. The van der Waals surface area contributed by atoms with Crippen LogP contribution in [0.2, 0.25) is 0 Å². The molecule has 0 amide bonds. The van der Waals surface area contributed by atoms with Crippen molar-refractivity contribution in [1.82, 2.24) is 10.3 Å². The third-order valence-electron chi connectivity index (χ3n) is 3.39. The van der Waals surface area contributed by atoms with E-state index < -0.39 is 0 Å². The highest BCUT2D eigenvalue weighted by Gasteiger charge is 2.18. The van der Waals surface area contributed by atoms with Crippen molar-refractivity contribution in [2.24, 2.45) is 0 Å². The van der Waals surface area contributed by atoms with Gasteiger partial charge in [0.05, 0.1) is 0 Å². The molecule has 1 fully saturated rings. The van der Waals surface area contributed by atoms with Crippen molar-refractivity contribution in [2.75, 3.05) is 13.1 Å². The van der Waals surface area contributed by atoms with Crippen molar-refractivity contribution in [3.63, 3.8) is 0 Å². The van der Waals surface area contributed by atoms with Gasteiger partial charge in [-0.05, 0) is 37.6 Å². The SMILES string of the molecule is Cc1cccc(-c2cccnc2OC2CCNC2)c1. The molecule has 0 spiro atoms. The molecule has 0 aliphatic carbocycles. The third-order valence-corrected chi connectivity index (χ3v) is 3.39. The molecule has 19 heavy (non-hydrogen) atoms.